The molecule has 0 fully saturated rings. The maximum atomic E-state index is 5.70. The van der Waals surface area contributed by atoms with Crippen LogP contribution in [0.15, 0.2) is 30.3 Å². The van der Waals surface area contributed by atoms with Gasteiger partial charge in [-0.2, -0.15) is 0 Å². The fourth-order valence-corrected chi connectivity index (χ4v) is 1.79. The second-order valence-electron chi connectivity index (χ2n) is 3.78. The van der Waals surface area contributed by atoms with E-state index < -0.39 is 0 Å². The zero-order chi connectivity index (χ0) is 10.1. The van der Waals surface area contributed by atoms with Crippen LogP contribution in [0.4, 0.5) is 0 Å². The molecule has 0 spiro atoms. The van der Waals surface area contributed by atoms with E-state index in [1.165, 1.54) is 27.5 Å². The molecule has 0 heterocycles. The fourth-order valence-electron chi connectivity index (χ4n) is 1.79. The van der Waals surface area contributed by atoms with E-state index >= 15 is 0 Å². The van der Waals surface area contributed by atoms with Gasteiger partial charge in [0.1, 0.15) is 0 Å². The summed E-state index contributed by atoms with van der Waals surface area (Å²) in [5.74, 6) is 0. The third-order valence-corrected chi connectivity index (χ3v) is 2.80. The van der Waals surface area contributed by atoms with Crippen LogP contribution < -0.4 is 5.73 Å². The molecule has 2 aromatic rings. The minimum Gasteiger partial charge on any atom is -0.326 e. The minimum absolute atomic E-state index is 0.611. The van der Waals surface area contributed by atoms with Crippen molar-refractivity contribution in [2.45, 2.75) is 20.4 Å². The van der Waals surface area contributed by atoms with Crippen molar-refractivity contribution < 1.29 is 0 Å². The second-order valence-corrected chi connectivity index (χ2v) is 3.78. The van der Waals surface area contributed by atoms with Gasteiger partial charge in [0, 0.05) is 6.54 Å². The first-order valence-corrected chi connectivity index (χ1v) is 4.91. The van der Waals surface area contributed by atoms with Crippen molar-refractivity contribution in [1.82, 2.24) is 0 Å². The summed E-state index contributed by atoms with van der Waals surface area (Å²) < 4.78 is 0. The Morgan fingerprint density at radius 1 is 1.07 bits per heavy atom. The number of aryl methyl sites for hydroxylation is 2. The molecule has 0 aromatic heterocycles. The van der Waals surface area contributed by atoms with Gasteiger partial charge in [-0.3, -0.25) is 0 Å². The molecule has 0 aliphatic rings. The molecule has 0 bridgehead atoms. The Labute approximate surface area is 84.5 Å². The molecule has 0 atom stereocenters. The van der Waals surface area contributed by atoms with Crippen LogP contribution in [0, 0.1) is 13.8 Å². The van der Waals surface area contributed by atoms with Crippen molar-refractivity contribution in [3.63, 3.8) is 0 Å². The number of nitrogens with two attached hydrogens (primary N) is 1. The summed E-state index contributed by atoms with van der Waals surface area (Å²) in [6, 6.07) is 10.8. The standard InChI is InChI=1S/C13H15N/c1-9-6-11-4-3-5-12(8-14)13(11)7-10(9)2/h3-7H,8,14H2,1-2H3. The van der Waals surface area contributed by atoms with Crippen LogP contribution in [0.25, 0.3) is 10.8 Å². The largest absolute Gasteiger partial charge is 0.326 e. The summed E-state index contributed by atoms with van der Waals surface area (Å²) in [4.78, 5) is 0. The molecule has 2 aromatic carbocycles. The lowest BCUT2D eigenvalue weighted by Crippen LogP contribution is -1.97. The highest BCUT2D eigenvalue weighted by Crippen LogP contribution is 2.22. The van der Waals surface area contributed by atoms with Gasteiger partial charge in [-0.05, 0) is 41.3 Å². The van der Waals surface area contributed by atoms with Crippen molar-refractivity contribution in [2.24, 2.45) is 5.73 Å². The van der Waals surface area contributed by atoms with Crippen LogP contribution in [-0.2, 0) is 6.54 Å². The average Bonchev–Trinajstić information content (AvgIpc) is 2.19. The molecule has 1 heteroatoms. The number of hydrogen-bond acceptors (Lipinski definition) is 1. The quantitative estimate of drug-likeness (QED) is 0.726. The molecule has 2 rings (SSSR count). The maximum Gasteiger partial charge on any atom is 0.0184 e. The van der Waals surface area contributed by atoms with E-state index in [-0.39, 0.29) is 0 Å². The summed E-state index contributed by atoms with van der Waals surface area (Å²) in [6.45, 7) is 4.89. The van der Waals surface area contributed by atoms with E-state index in [0.717, 1.165) is 0 Å². The van der Waals surface area contributed by atoms with Crippen LogP contribution in [0.3, 0.4) is 0 Å². The van der Waals surface area contributed by atoms with E-state index in [1.54, 1.807) is 0 Å². The smallest absolute Gasteiger partial charge is 0.0184 e. The lowest BCUT2D eigenvalue weighted by molar-refractivity contribution is 1.09. The molecule has 0 amide bonds. The summed E-state index contributed by atoms with van der Waals surface area (Å²) in [6.07, 6.45) is 0. The lowest BCUT2D eigenvalue weighted by Gasteiger charge is -2.07. The van der Waals surface area contributed by atoms with E-state index in [4.69, 9.17) is 5.73 Å². The van der Waals surface area contributed by atoms with Crippen LogP contribution >= 0.6 is 0 Å². The van der Waals surface area contributed by atoms with E-state index in [0.29, 0.717) is 6.54 Å². The van der Waals surface area contributed by atoms with Gasteiger partial charge in [-0.25, -0.2) is 0 Å². The Bertz CT molecular complexity index is 472. The van der Waals surface area contributed by atoms with Crippen LogP contribution in [0.1, 0.15) is 16.7 Å². The Morgan fingerprint density at radius 2 is 1.79 bits per heavy atom. The summed E-state index contributed by atoms with van der Waals surface area (Å²) in [7, 11) is 0. The highest BCUT2D eigenvalue weighted by Gasteiger charge is 2.01. The van der Waals surface area contributed by atoms with Gasteiger partial charge in [-0.15, -0.1) is 0 Å². The first-order valence-electron chi connectivity index (χ1n) is 4.91. The van der Waals surface area contributed by atoms with Gasteiger partial charge in [0.25, 0.3) is 0 Å². The van der Waals surface area contributed by atoms with Crippen molar-refractivity contribution in [1.29, 1.82) is 0 Å². The molecule has 0 saturated heterocycles. The zero-order valence-electron chi connectivity index (χ0n) is 8.67. The third-order valence-electron chi connectivity index (χ3n) is 2.80. The molecule has 0 radical (unpaired) electrons. The molecule has 0 unspecified atom stereocenters. The van der Waals surface area contributed by atoms with Gasteiger partial charge in [0.2, 0.25) is 0 Å². The molecule has 72 valence electrons. The average molecular weight is 185 g/mol. The number of rotatable bonds is 1. The Hall–Kier alpha value is -1.34. The van der Waals surface area contributed by atoms with Crippen LogP contribution in [0.5, 0.6) is 0 Å². The van der Waals surface area contributed by atoms with Gasteiger partial charge < -0.3 is 5.73 Å². The molecular formula is C13H15N. The number of fused-ring (bicyclic) bond motifs is 1. The predicted octanol–water partition coefficient (Wildman–Crippen LogP) is 2.92. The minimum atomic E-state index is 0.611. The van der Waals surface area contributed by atoms with Crippen molar-refractivity contribution in [2.75, 3.05) is 0 Å². The third kappa shape index (κ3) is 1.40. The summed E-state index contributed by atoms with van der Waals surface area (Å²) in [5.41, 5.74) is 9.60. The van der Waals surface area contributed by atoms with Gasteiger partial charge in [0.05, 0.1) is 0 Å². The van der Waals surface area contributed by atoms with Crippen molar-refractivity contribution >= 4 is 10.8 Å². The molecule has 2 N–H and O–H groups in total. The van der Waals surface area contributed by atoms with Gasteiger partial charge in [-0.1, -0.05) is 30.3 Å². The SMILES string of the molecule is Cc1cc2cccc(CN)c2cc1C. The van der Waals surface area contributed by atoms with Crippen molar-refractivity contribution in [3.05, 3.63) is 47.0 Å². The van der Waals surface area contributed by atoms with Gasteiger partial charge in [0.15, 0.2) is 0 Å². The number of hydrogen-bond donors (Lipinski definition) is 1. The highest BCUT2D eigenvalue weighted by molar-refractivity contribution is 5.87. The normalized spacial score (nSPS) is 10.8. The first-order chi connectivity index (χ1) is 6.72. The van der Waals surface area contributed by atoms with Crippen LogP contribution in [0.2, 0.25) is 0 Å². The molecule has 0 aliphatic heterocycles. The van der Waals surface area contributed by atoms with Gasteiger partial charge >= 0.3 is 0 Å². The maximum absolute atomic E-state index is 5.70. The fraction of sp³-hybridized carbons (Fsp3) is 0.231. The van der Waals surface area contributed by atoms with Crippen molar-refractivity contribution in [3.8, 4) is 0 Å². The lowest BCUT2D eigenvalue weighted by atomic mass is 9.99. The Kier molecular flexibility index (Phi) is 2.26. The monoisotopic (exact) mass is 185 g/mol. The van der Waals surface area contributed by atoms with Crippen LogP contribution in [-0.4, -0.2) is 0 Å². The molecular weight excluding hydrogens is 170 g/mol. The first kappa shape index (κ1) is 9.22. The summed E-state index contributed by atoms with van der Waals surface area (Å²) in [5, 5.41) is 2.58. The molecule has 0 aliphatic carbocycles. The van der Waals surface area contributed by atoms with E-state index in [9.17, 15) is 0 Å². The highest BCUT2D eigenvalue weighted by atomic mass is 14.5. The molecule has 0 saturated carbocycles. The zero-order valence-corrected chi connectivity index (χ0v) is 8.67. The molecule has 1 nitrogen and oxygen atoms in total. The second kappa shape index (κ2) is 3.43. The summed E-state index contributed by atoms with van der Waals surface area (Å²) >= 11 is 0. The topological polar surface area (TPSA) is 26.0 Å². The Morgan fingerprint density at radius 3 is 2.50 bits per heavy atom. The molecule has 14 heavy (non-hydrogen) atoms. The van der Waals surface area contributed by atoms with E-state index in [2.05, 4.69) is 44.2 Å². The predicted molar refractivity (Wildman–Crippen MR) is 61.3 cm³/mol. The number of benzene rings is 2. The Balaban J connectivity index is 2.81. The van der Waals surface area contributed by atoms with E-state index in [1.807, 2.05) is 0 Å².